The smallest absolute Gasteiger partial charge is 0.387 e. The molecule has 1 saturated heterocycles. The molecule has 1 heterocycles. The van der Waals surface area contributed by atoms with Gasteiger partial charge in [-0.3, -0.25) is 9.59 Å². The van der Waals surface area contributed by atoms with E-state index in [0.717, 1.165) is 6.42 Å². The standard InChI is InChI=1S/C22H24F2N2O4/c1-25(14-15-10-11-18(29-2)19(13-15)30-22(23)24)21(28)17-9-6-12-26(17)20(27)16-7-4-3-5-8-16/h3-5,7-8,10-11,13,17,22H,6,9,12,14H2,1-2H3. The number of amides is 2. The molecule has 160 valence electrons. The van der Waals surface area contributed by atoms with Crippen LogP contribution in [0.2, 0.25) is 0 Å². The third kappa shape index (κ3) is 4.87. The molecule has 1 aliphatic rings. The molecule has 30 heavy (non-hydrogen) atoms. The van der Waals surface area contributed by atoms with E-state index < -0.39 is 12.7 Å². The van der Waals surface area contributed by atoms with Crippen LogP contribution in [0, 0.1) is 0 Å². The molecule has 0 N–H and O–H groups in total. The zero-order valence-electron chi connectivity index (χ0n) is 16.9. The lowest BCUT2D eigenvalue weighted by molar-refractivity contribution is -0.134. The molecule has 1 aliphatic heterocycles. The first-order valence-corrected chi connectivity index (χ1v) is 9.63. The summed E-state index contributed by atoms with van der Waals surface area (Å²) in [5.41, 5.74) is 1.16. The van der Waals surface area contributed by atoms with E-state index in [-0.39, 0.29) is 29.9 Å². The van der Waals surface area contributed by atoms with E-state index in [9.17, 15) is 18.4 Å². The first-order valence-electron chi connectivity index (χ1n) is 9.63. The molecule has 0 bridgehead atoms. The summed E-state index contributed by atoms with van der Waals surface area (Å²) in [6.45, 7) is -2.27. The van der Waals surface area contributed by atoms with Gasteiger partial charge < -0.3 is 19.3 Å². The Balaban J connectivity index is 1.71. The molecular formula is C22H24F2N2O4. The molecule has 0 saturated carbocycles. The number of likely N-dealkylation sites (tertiary alicyclic amines) is 1. The lowest BCUT2D eigenvalue weighted by Gasteiger charge is -2.28. The van der Waals surface area contributed by atoms with Gasteiger partial charge in [0.1, 0.15) is 6.04 Å². The Morgan fingerprint density at radius 3 is 2.57 bits per heavy atom. The topological polar surface area (TPSA) is 59.1 Å². The number of hydrogen-bond acceptors (Lipinski definition) is 4. The minimum atomic E-state index is -2.98. The number of benzene rings is 2. The number of halogens is 2. The predicted molar refractivity (Wildman–Crippen MR) is 107 cm³/mol. The van der Waals surface area contributed by atoms with Crippen molar-refractivity contribution in [2.24, 2.45) is 0 Å². The van der Waals surface area contributed by atoms with Gasteiger partial charge in [0.25, 0.3) is 5.91 Å². The Morgan fingerprint density at radius 1 is 1.17 bits per heavy atom. The Kier molecular flexibility index (Phi) is 6.87. The monoisotopic (exact) mass is 418 g/mol. The third-order valence-electron chi connectivity index (χ3n) is 5.06. The van der Waals surface area contributed by atoms with E-state index in [1.807, 2.05) is 6.07 Å². The van der Waals surface area contributed by atoms with E-state index in [2.05, 4.69) is 4.74 Å². The summed E-state index contributed by atoms with van der Waals surface area (Å²) in [5, 5.41) is 0. The molecular weight excluding hydrogens is 394 g/mol. The molecule has 6 nitrogen and oxygen atoms in total. The van der Waals surface area contributed by atoms with Crippen molar-refractivity contribution in [2.75, 3.05) is 20.7 Å². The Labute approximate surface area is 174 Å². The third-order valence-corrected chi connectivity index (χ3v) is 5.06. The van der Waals surface area contributed by atoms with Crippen molar-refractivity contribution in [1.29, 1.82) is 0 Å². The second kappa shape index (κ2) is 9.56. The van der Waals surface area contributed by atoms with Gasteiger partial charge in [0.05, 0.1) is 7.11 Å². The van der Waals surface area contributed by atoms with Crippen LogP contribution in [0.1, 0.15) is 28.8 Å². The fourth-order valence-electron chi connectivity index (χ4n) is 3.63. The van der Waals surface area contributed by atoms with Gasteiger partial charge in [-0.15, -0.1) is 0 Å². The zero-order valence-corrected chi connectivity index (χ0v) is 16.9. The van der Waals surface area contributed by atoms with Crippen LogP contribution in [0.15, 0.2) is 48.5 Å². The van der Waals surface area contributed by atoms with Crippen LogP contribution in [-0.2, 0) is 11.3 Å². The number of rotatable bonds is 7. The number of hydrogen-bond donors (Lipinski definition) is 0. The van der Waals surface area contributed by atoms with Crippen molar-refractivity contribution in [3.63, 3.8) is 0 Å². The van der Waals surface area contributed by atoms with Crippen molar-refractivity contribution < 1.29 is 27.8 Å². The van der Waals surface area contributed by atoms with E-state index in [0.29, 0.717) is 24.1 Å². The number of methoxy groups -OCH3 is 1. The SMILES string of the molecule is COc1ccc(CN(C)C(=O)C2CCCN2C(=O)c2ccccc2)cc1OC(F)F. The summed E-state index contributed by atoms with van der Waals surface area (Å²) in [6, 6.07) is 13.0. The number of carbonyl (C=O) groups is 2. The van der Waals surface area contributed by atoms with Gasteiger partial charge in [-0.05, 0) is 42.7 Å². The van der Waals surface area contributed by atoms with Crippen molar-refractivity contribution in [1.82, 2.24) is 9.80 Å². The van der Waals surface area contributed by atoms with Crippen molar-refractivity contribution in [3.05, 3.63) is 59.7 Å². The van der Waals surface area contributed by atoms with Crippen LogP contribution >= 0.6 is 0 Å². The number of nitrogens with zero attached hydrogens (tertiary/aromatic N) is 2. The highest BCUT2D eigenvalue weighted by molar-refractivity contribution is 5.97. The van der Waals surface area contributed by atoms with Gasteiger partial charge >= 0.3 is 6.61 Å². The van der Waals surface area contributed by atoms with Gasteiger partial charge in [0.15, 0.2) is 11.5 Å². The molecule has 0 aliphatic carbocycles. The maximum atomic E-state index is 13.0. The fourth-order valence-corrected chi connectivity index (χ4v) is 3.63. The molecule has 0 radical (unpaired) electrons. The number of likely N-dealkylation sites (N-methyl/N-ethyl adjacent to an activating group) is 1. The fraction of sp³-hybridized carbons (Fsp3) is 0.364. The molecule has 1 unspecified atom stereocenters. The summed E-state index contributed by atoms with van der Waals surface area (Å²) in [4.78, 5) is 29.0. The van der Waals surface area contributed by atoms with Crippen LogP contribution in [0.3, 0.4) is 0 Å². The first-order chi connectivity index (χ1) is 14.4. The van der Waals surface area contributed by atoms with E-state index in [4.69, 9.17) is 4.74 Å². The quantitative estimate of drug-likeness (QED) is 0.690. The normalized spacial score (nSPS) is 15.9. The Morgan fingerprint density at radius 2 is 1.90 bits per heavy atom. The zero-order chi connectivity index (χ0) is 21.7. The van der Waals surface area contributed by atoms with Gasteiger partial charge in [0, 0.05) is 25.7 Å². The minimum Gasteiger partial charge on any atom is -0.493 e. The van der Waals surface area contributed by atoms with Gasteiger partial charge in [-0.2, -0.15) is 8.78 Å². The van der Waals surface area contributed by atoms with Gasteiger partial charge in [-0.1, -0.05) is 24.3 Å². The second-order valence-corrected chi connectivity index (χ2v) is 7.08. The predicted octanol–water partition coefficient (Wildman–Crippen LogP) is 3.56. The lowest BCUT2D eigenvalue weighted by atomic mass is 10.1. The van der Waals surface area contributed by atoms with E-state index in [1.165, 1.54) is 24.1 Å². The number of ether oxygens (including phenoxy) is 2. The van der Waals surface area contributed by atoms with Crippen molar-refractivity contribution >= 4 is 11.8 Å². The number of carbonyl (C=O) groups excluding carboxylic acids is 2. The number of alkyl halides is 2. The molecule has 8 heteroatoms. The van der Waals surface area contributed by atoms with Gasteiger partial charge in [-0.25, -0.2) is 0 Å². The highest BCUT2D eigenvalue weighted by Crippen LogP contribution is 2.30. The van der Waals surface area contributed by atoms with Crippen LogP contribution in [-0.4, -0.2) is 55.0 Å². The average Bonchev–Trinajstić information content (AvgIpc) is 3.23. The largest absolute Gasteiger partial charge is 0.493 e. The minimum absolute atomic E-state index is 0.0902. The molecule has 2 amide bonds. The maximum Gasteiger partial charge on any atom is 0.387 e. The van der Waals surface area contributed by atoms with Crippen molar-refractivity contribution in [3.8, 4) is 11.5 Å². The molecule has 1 fully saturated rings. The molecule has 1 atom stereocenters. The Bertz CT molecular complexity index is 892. The van der Waals surface area contributed by atoms with Crippen LogP contribution in [0.4, 0.5) is 8.78 Å². The second-order valence-electron chi connectivity index (χ2n) is 7.08. The highest BCUT2D eigenvalue weighted by Gasteiger charge is 2.36. The summed E-state index contributed by atoms with van der Waals surface area (Å²) in [7, 11) is 2.99. The van der Waals surface area contributed by atoms with Crippen LogP contribution < -0.4 is 9.47 Å². The molecule has 2 aromatic rings. The average molecular weight is 418 g/mol. The Hall–Kier alpha value is -3.16. The van der Waals surface area contributed by atoms with Crippen molar-refractivity contribution in [2.45, 2.75) is 32.0 Å². The first kappa shape index (κ1) is 21.5. The molecule has 0 spiro atoms. The molecule has 0 aromatic heterocycles. The molecule has 2 aromatic carbocycles. The van der Waals surface area contributed by atoms with E-state index >= 15 is 0 Å². The van der Waals surface area contributed by atoms with E-state index in [1.54, 1.807) is 42.3 Å². The molecule has 3 rings (SSSR count). The summed E-state index contributed by atoms with van der Waals surface area (Å²) in [6.07, 6.45) is 1.34. The maximum absolute atomic E-state index is 13.0. The summed E-state index contributed by atoms with van der Waals surface area (Å²) >= 11 is 0. The summed E-state index contributed by atoms with van der Waals surface area (Å²) in [5.74, 6) is -0.267. The van der Waals surface area contributed by atoms with Gasteiger partial charge in [0.2, 0.25) is 5.91 Å². The van der Waals surface area contributed by atoms with Crippen LogP contribution in [0.5, 0.6) is 11.5 Å². The summed E-state index contributed by atoms with van der Waals surface area (Å²) < 4.78 is 34.8. The highest BCUT2D eigenvalue weighted by atomic mass is 19.3. The van der Waals surface area contributed by atoms with Crippen LogP contribution in [0.25, 0.3) is 0 Å². The lowest BCUT2D eigenvalue weighted by Crippen LogP contribution is -2.46.